The molecule has 96 valence electrons. The van der Waals surface area contributed by atoms with Crippen LogP contribution >= 0.6 is 12.4 Å². The highest BCUT2D eigenvalue weighted by molar-refractivity contribution is 5.85. The third-order valence-corrected chi connectivity index (χ3v) is 3.24. The molecular weight excluding hydrogens is 228 g/mol. The average Bonchev–Trinajstić information content (AvgIpc) is 2.30. The Kier molecular flexibility index (Phi) is 7.72. The van der Waals surface area contributed by atoms with Crippen LogP contribution in [0.2, 0.25) is 0 Å². The van der Waals surface area contributed by atoms with Gasteiger partial charge in [-0.15, -0.1) is 12.4 Å². The van der Waals surface area contributed by atoms with E-state index < -0.39 is 6.10 Å². The quantitative estimate of drug-likeness (QED) is 0.815. The Labute approximate surface area is 104 Å². The first-order valence-electron chi connectivity index (χ1n) is 5.70. The molecule has 0 radical (unpaired) electrons. The fourth-order valence-corrected chi connectivity index (χ4v) is 2.17. The van der Waals surface area contributed by atoms with Crippen LogP contribution in [0.25, 0.3) is 0 Å². The molecule has 0 bridgehead atoms. The van der Waals surface area contributed by atoms with E-state index in [-0.39, 0.29) is 24.9 Å². The lowest BCUT2D eigenvalue weighted by Crippen LogP contribution is -2.46. The van der Waals surface area contributed by atoms with E-state index in [4.69, 9.17) is 10.5 Å². The molecule has 1 aliphatic carbocycles. The predicted octanol–water partition coefficient (Wildman–Crippen LogP) is 1.17. The Balaban J connectivity index is 0.00000225. The fraction of sp³-hybridized carbons (Fsp3) is 0.909. The number of ether oxygens (including phenoxy) is 1. The van der Waals surface area contributed by atoms with E-state index >= 15 is 0 Å². The second kappa shape index (κ2) is 7.87. The third kappa shape index (κ3) is 3.92. The van der Waals surface area contributed by atoms with Crippen molar-refractivity contribution < 1.29 is 9.53 Å². The van der Waals surface area contributed by atoms with Crippen molar-refractivity contribution in [2.45, 2.75) is 44.2 Å². The van der Waals surface area contributed by atoms with Crippen LogP contribution in [0.3, 0.4) is 0 Å². The molecule has 1 saturated carbocycles. The number of nitrogens with two attached hydrogens (primary N) is 1. The molecule has 1 rings (SSSR count). The van der Waals surface area contributed by atoms with Gasteiger partial charge in [0.15, 0.2) is 0 Å². The second-order valence-electron chi connectivity index (χ2n) is 4.20. The Morgan fingerprint density at radius 1 is 1.44 bits per heavy atom. The predicted molar refractivity (Wildman–Crippen MR) is 66.7 cm³/mol. The van der Waals surface area contributed by atoms with Crippen LogP contribution in [0.1, 0.15) is 32.1 Å². The normalized spacial score (nSPS) is 18.7. The number of hydrogen-bond donors (Lipinski definition) is 1. The van der Waals surface area contributed by atoms with Crippen molar-refractivity contribution in [1.29, 1.82) is 0 Å². The summed E-state index contributed by atoms with van der Waals surface area (Å²) in [6.07, 6.45) is 5.50. The zero-order chi connectivity index (χ0) is 11.3. The lowest BCUT2D eigenvalue weighted by atomic mass is 9.94. The molecular formula is C11H23ClN2O2. The summed E-state index contributed by atoms with van der Waals surface area (Å²) < 4.78 is 5.06. The molecule has 1 fully saturated rings. The van der Waals surface area contributed by atoms with Crippen molar-refractivity contribution in [3.05, 3.63) is 0 Å². The maximum atomic E-state index is 11.9. The van der Waals surface area contributed by atoms with Gasteiger partial charge in [-0.05, 0) is 12.8 Å². The minimum absolute atomic E-state index is 0. The van der Waals surface area contributed by atoms with Gasteiger partial charge in [-0.25, -0.2) is 0 Å². The Bertz CT molecular complexity index is 204. The molecule has 0 saturated heterocycles. The number of halogens is 1. The van der Waals surface area contributed by atoms with Crippen molar-refractivity contribution >= 4 is 18.3 Å². The highest BCUT2D eigenvalue weighted by atomic mass is 35.5. The van der Waals surface area contributed by atoms with Gasteiger partial charge in [-0.3, -0.25) is 4.79 Å². The average molecular weight is 251 g/mol. The van der Waals surface area contributed by atoms with E-state index in [0.29, 0.717) is 6.04 Å². The van der Waals surface area contributed by atoms with Crippen molar-refractivity contribution in [1.82, 2.24) is 4.90 Å². The first-order chi connectivity index (χ1) is 7.20. The molecule has 0 aromatic rings. The van der Waals surface area contributed by atoms with Crippen LogP contribution in [0, 0.1) is 0 Å². The Morgan fingerprint density at radius 2 is 2.00 bits per heavy atom. The molecule has 0 spiro atoms. The minimum Gasteiger partial charge on any atom is -0.370 e. The summed E-state index contributed by atoms with van der Waals surface area (Å²) in [7, 11) is 3.39. The minimum atomic E-state index is -0.475. The highest BCUT2D eigenvalue weighted by Gasteiger charge is 2.26. The molecule has 4 nitrogen and oxygen atoms in total. The molecule has 0 heterocycles. The van der Waals surface area contributed by atoms with E-state index in [1.54, 1.807) is 0 Å². The summed E-state index contributed by atoms with van der Waals surface area (Å²) in [6, 6.07) is 0.385. The molecule has 2 N–H and O–H groups in total. The zero-order valence-electron chi connectivity index (χ0n) is 10.1. The summed E-state index contributed by atoms with van der Waals surface area (Å²) in [6.45, 7) is 0.256. The number of amides is 1. The lowest BCUT2D eigenvalue weighted by molar-refractivity contribution is -0.142. The second-order valence-corrected chi connectivity index (χ2v) is 4.20. The van der Waals surface area contributed by atoms with Crippen LogP contribution in [0.15, 0.2) is 0 Å². The van der Waals surface area contributed by atoms with Crippen LogP contribution in [0.4, 0.5) is 0 Å². The number of carbonyl (C=O) groups excluding carboxylic acids is 1. The largest absolute Gasteiger partial charge is 0.370 e. The van der Waals surface area contributed by atoms with Gasteiger partial charge in [-0.1, -0.05) is 19.3 Å². The van der Waals surface area contributed by atoms with Crippen molar-refractivity contribution in [2.75, 3.05) is 20.7 Å². The first-order valence-corrected chi connectivity index (χ1v) is 5.70. The van der Waals surface area contributed by atoms with Gasteiger partial charge in [0.2, 0.25) is 0 Å². The molecule has 0 aromatic heterocycles. The number of carbonyl (C=O) groups is 1. The Hall–Kier alpha value is -0.320. The van der Waals surface area contributed by atoms with Crippen LogP contribution in [-0.4, -0.2) is 43.7 Å². The maximum absolute atomic E-state index is 11.9. The molecule has 1 aliphatic rings. The fourth-order valence-electron chi connectivity index (χ4n) is 2.17. The number of rotatable bonds is 4. The smallest absolute Gasteiger partial charge is 0.252 e. The van der Waals surface area contributed by atoms with Gasteiger partial charge in [0.25, 0.3) is 5.91 Å². The van der Waals surface area contributed by atoms with Gasteiger partial charge in [0.05, 0.1) is 0 Å². The van der Waals surface area contributed by atoms with E-state index in [2.05, 4.69) is 0 Å². The van der Waals surface area contributed by atoms with Crippen LogP contribution in [0.5, 0.6) is 0 Å². The monoisotopic (exact) mass is 250 g/mol. The number of methoxy groups -OCH3 is 1. The van der Waals surface area contributed by atoms with E-state index in [1.165, 1.54) is 26.4 Å². The molecule has 0 aromatic carbocycles. The molecule has 1 unspecified atom stereocenters. The highest BCUT2D eigenvalue weighted by Crippen LogP contribution is 2.22. The zero-order valence-corrected chi connectivity index (χ0v) is 11.0. The van der Waals surface area contributed by atoms with Crippen molar-refractivity contribution in [3.63, 3.8) is 0 Å². The summed E-state index contributed by atoms with van der Waals surface area (Å²) in [5.41, 5.74) is 5.48. The molecule has 0 aliphatic heterocycles. The number of likely N-dealkylation sites (N-methyl/N-ethyl adjacent to an activating group) is 1. The van der Waals surface area contributed by atoms with Gasteiger partial charge >= 0.3 is 0 Å². The summed E-state index contributed by atoms with van der Waals surface area (Å²) in [5.74, 6) is 0.0203. The van der Waals surface area contributed by atoms with Crippen molar-refractivity contribution in [2.24, 2.45) is 5.73 Å². The van der Waals surface area contributed by atoms with Crippen LogP contribution in [-0.2, 0) is 9.53 Å². The topological polar surface area (TPSA) is 55.6 Å². The first kappa shape index (κ1) is 15.7. The molecule has 16 heavy (non-hydrogen) atoms. The van der Waals surface area contributed by atoms with E-state index in [0.717, 1.165) is 12.8 Å². The summed E-state index contributed by atoms with van der Waals surface area (Å²) >= 11 is 0. The Morgan fingerprint density at radius 3 is 2.44 bits per heavy atom. The lowest BCUT2D eigenvalue weighted by Gasteiger charge is -2.33. The summed E-state index contributed by atoms with van der Waals surface area (Å²) in [4.78, 5) is 13.7. The SMILES string of the molecule is COC(CN)C(=O)N(C)C1CCCCC1.Cl. The van der Waals surface area contributed by atoms with Gasteiger partial charge in [-0.2, -0.15) is 0 Å². The third-order valence-electron chi connectivity index (χ3n) is 3.24. The standard InChI is InChI=1S/C11H22N2O2.ClH/c1-13(9-6-4-3-5-7-9)11(14)10(8-12)15-2;/h9-10H,3-8,12H2,1-2H3;1H. The van der Waals surface area contributed by atoms with Gasteiger partial charge < -0.3 is 15.4 Å². The van der Waals surface area contributed by atoms with Gasteiger partial charge in [0, 0.05) is 26.7 Å². The van der Waals surface area contributed by atoms with E-state index in [1.807, 2.05) is 11.9 Å². The molecule has 5 heteroatoms. The van der Waals surface area contributed by atoms with Crippen molar-refractivity contribution in [3.8, 4) is 0 Å². The summed E-state index contributed by atoms with van der Waals surface area (Å²) in [5, 5.41) is 0. The van der Waals surface area contributed by atoms with Crippen LogP contribution < -0.4 is 5.73 Å². The van der Waals surface area contributed by atoms with Gasteiger partial charge in [0.1, 0.15) is 6.10 Å². The number of hydrogen-bond acceptors (Lipinski definition) is 3. The molecule has 1 amide bonds. The van der Waals surface area contributed by atoms with E-state index in [9.17, 15) is 4.79 Å². The number of nitrogens with zero attached hydrogens (tertiary/aromatic N) is 1. The maximum Gasteiger partial charge on any atom is 0.252 e. The molecule has 1 atom stereocenters.